The molecule has 0 radical (unpaired) electrons. The van der Waals surface area contributed by atoms with E-state index in [1.807, 2.05) is 30.3 Å². The first-order valence-electron chi connectivity index (χ1n) is 6.72. The molecule has 0 aliphatic heterocycles. The van der Waals surface area contributed by atoms with E-state index >= 15 is 0 Å². The molecule has 2 N–H and O–H groups in total. The average Bonchev–Trinajstić information content (AvgIpc) is 2.45. The maximum Gasteiger partial charge on any atom is 0.101 e. The third kappa shape index (κ3) is 3.10. The molecule has 20 heavy (non-hydrogen) atoms. The van der Waals surface area contributed by atoms with Crippen LogP contribution in [0.5, 0.6) is 0 Å². The third-order valence-electron chi connectivity index (χ3n) is 3.31. The van der Waals surface area contributed by atoms with Crippen LogP contribution in [-0.2, 0) is 6.54 Å². The maximum absolute atomic E-state index is 8.95. The number of rotatable bonds is 4. The fourth-order valence-electron chi connectivity index (χ4n) is 2.18. The summed E-state index contributed by atoms with van der Waals surface area (Å²) in [7, 11) is 0. The molecule has 0 spiro atoms. The zero-order valence-electron chi connectivity index (χ0n) is 11.9. The Morgan fingerprint density at radius 3 is 2.40 bits per heavy atom. The zero-order valence-corrected chi connectivity index (χ0v) is 11.9. The number of nitrogen functional groups attached to an aromatic ring is 1. The highest BCUT2D eigenvalue weighted by atomic mass is 15.1. The Balaban J connectivity index is 2.30. The van der Waals surface area contributed by atoms with Crippen LogP contribution in [0.1, 0.15) is 25.0 Å². The second-order valence-corrected chi connectivity index (χ2v) is 5.09. The molecule has 0 amide bonds. The fraction of sp³-hybridized carbons (Fsp3) is 0.235. The molecular formula is C17H19N3. The zero-order chi connectivity index (χ0) is 14.5. The lowest BCUT2D eigenvalue weighted by atomic mass is 10.1. The van der Waals surface area contributed by atoms with Gasteiger partial charge in [-0.1, -0.05) is 30.3 Å². The molecule has 0 saturated heterocycles. The summed E-state index contributed by atoms with van der Waals surface area (Å²) in [6.07, 6.45) is 0. The van der Waals surface area contributed by atoms with E-state index in [1.54, 1.807) is 6.07 Å². The summed E-state index contributed by atoms with van der Waals surface area (Å²) in [5, 5.41) is 8.95. The van der Waals surface area contributed by atoms with E-state index in [-0.39, 0.29) is 0 Å². The molecule has 0 atom stereocenters. The molecule has 0 aromatic heterocycles. The molecule has 0 saturated carbocycles. The number of benzene rings is 2. The van der Waals surface area contributed by atoms with E-state index < -0.39 is 0 Å². The highest BCUT2D eigenvalue weighted by Crippen LogP contribution is 2.24. The number of nitrogens with zero attached hydrogens (tertiary/aromatic N) is 2. The van der Waals surface area contributed by atoms with E-state index in [4.69, 9.17) is 11.0 Å². The maximum atomic E-state index is 8.95. The molecule has 0 unspecified atom stereocenters. The topological polar surface area (TPSA) is 53.0 Å². The van der Waals surface area contributed by atoms with Crippen molar-refractivity contribution in [3.63, 3.8) is 0 Å². The van der Waals surface area contributed by atoms with Crippen molar-refractivity contribution in [1.29, 1.82) is 5.26 Å². The van der Waals surface area contributed by atoms with Crippen molar-refractivity contribution < 1.29 is 0 Å². The van der Waals surface area contributed by atoms with Gasteiger partial charge in [-0.05, 0) is 37.6 Å². The molecule has 2 aromatic carbocycles. The first-order chi connectivity index (χ1) is 9.61. The predicted octanol–water partition coefficient (Wildman–Crippen LogP) is 3.56. The number of nitrogens with two attached hydrogens (primary N) is 1. The molecule has 2 rings (SSSR count). The summed E-state index contributed by atoms with van der Waals surface area (Å²) in [5.74, 6) is 0. The van der Waals surface area contributed by atoms with E-state index in [1.165, 1.54) is 5.56 Å². The van der Waals surface area contributed by atoms with Crippen LogP contribution in [0.2, 0.25) is 0 Å². The molecule has 2 aromatic rings. The van der Waals surface area contributed by atoms with E-state index in [9.17, 15) is 0 Å². The van der Waals surface area contributed by atoms with Crippen molar-refractivity contribution in [2.75, 3.05) is 10.6 Å². The van der Waals surface area contributed by atoms with Crippen LogP contribution in [0.4, 0.5) is 11.4 Å². The van der Waals surface area contributed by atoms with Gasteiger partial charge < -0.3 is 10.6 Å². The lowest BCUT2D eigenvalue weighted by Gasteiger charge is -2.29. The van der Waals surface area contributed by atoms with Gasteiger partial charge in [-0.15, -0.1) is 0 Å². The Kier molecular flexibility index (Phi) is 4.27. The summed E-state index contributed by atoms with van der Waals surface area (Å²) < 4.78 is 0. The minimum Gasteiger partial charge on any atom is -0.398 e. The van der Waals surface area contributed by atoms with Crippen molar-refractivity contribution in [3.8, 4) is 6.07 Å². The number of nitriles is 1. The number of anilines is 2. The van der Waals surface area contributed by atoms with Crippen LogP contribution < -0.4 is 10.6 Å². The minimum absolute atomic E-state index is 0.350. The first kappa shape index (κ1) is 14.0. The molecule has 0 heterocycles. The largest absolute Gasteiger partial charge is 0.398 e. The number of hydrogen-bond donors (Lipinski definition) is 1. The molecule has 0 aliphatic carbocycles. The Hall–Kier alpha value is -2.47. The van der Waals surface area contributed by atoms with Crippen LogP contribution in [0, 0.1) is 11.3 Å². The van der Waals surface area contributed by atoms with Gasteiger partial charge in [0.05, 0.1) is 11.3 Å². The quantitative estimate of drug-likeness (QED) is 0.860. The smallest absolute Gasteiger partial charge is 0.101 e. The molecule has 0 aliphatic rings. The minimum atomic E-state index is 0.350. The molecule has 3 heteroatoms. The molecule has 0 fully saturated rings. The van der Waals surface area contributed by atoms with Gasteiger partial charge in [-0.2, -0.15) is 5.26 Å². The summed E-state index contributed by atoms with van der Waals surface area (Å²) in [6, 6.07) is 18.4. The van der Waals surface area contributed by atoms with Gasteiger partial charge in [0.25, 0.3) is 0 Å². The second-order valence-electron chi connectivity index (χ2n) is 5.09. The van der Waals surface area contributed by atoms with Crippen LogP contribution in [0.3, 0.4) is 0 Å². The molecule has 102 valence electrons. The summed E-state index contributed by atoms with van der Waals surface area (Å²) in [4.78, 5) is 2.27. The Morgan fingerprint density at radius 1 is 1.15 bits per heavy atom. The predicted molar refractivity (Wildman–Crippen MR) is 83.3 cm³/mol. The lowest BCUT2D eigenvalue weighted by Crippen LogP contribution is -2.30. The van der Waals surface area contributed by atoms with Gasteiger partial charge in [-0.3, -0.25) is 0 Å². The van der Waals surface area contributed by atoms with E-state index in [0.717, 1.165) is 12.2 Å². The summed E-state index contributed by atoms with van der Waals surface area (Å²) in [6.45, 7) is 5.12. The molecule has 0 bridgehead atoms. The Bertz CT molecular complexity index is 612. The van der Waals surface area contributed by atoms with Gasteiger partial charge >= 0.3 is 0 Å². The first-order valence-corrected chi connectivity index (χ1v) is 6.72. The van der Waals surface area contributed by atoms with Gasteiger partial charge in [0, 0.05) is 18.3 Å². The standard InChI is InChI=1S/C17H19N3/c1-13(2)20(12-14-6-4-3-5-7-14)16-9-8-15(11-18)17(19)10-16/h3-10,13H,12,19H2,1-2H3. The lowest BCUT2D eigenvalue weighted by molar-refractivity contribution is 0.683. The average molecular weight is 265 g/mol. The van der Waals surface area contributed by atoms with Gasteiger partial charge in [0.1, 0.15) is 6.07 Å². The van der Waals surface area contributed by atoms with Crippen molar-refractivity contribution in [3.05, 3.63) is 59.7 Å². The van der Waals surface area contributed by atoms with Gasteiger partial charge in [0.15, 0.2) is 0 Å². The van der Waals surface area contributed by atoms with Gasteiger partial charge in [0.2, 0.25) is 0 Å². The molecule has 3 nitrogen and oxygen atoms in total. The third-order valence-corrected chi connectivity index (χ3v) is 3.31. The van der Waals surface area contributed by atoms with Crippen molar-refractivity contribution in [1.82, 2.24) is 0 Å². The van der Waals surface area contributed by atoms with Crippen LogP contribution in [0.25, 0.3) is 0 Å². The fourth-order valence-corrected chi connectivity index (χ4v) is 2.18. The monoisotopic (exact) mass is 265 g/mol. The Morgan fingerprint density at radius 2 is 1.85 bits per heavy atom. The summed E-state index contributed by atoms with van der Waals surface area (Å²) >= 11 is 0. The van der Waals surface area contributed by atoms with E-state index in [0.29, 0.717) is 17.3 Å². The van der Waals surface area contributed by atoms with E-state index in [2.05, 4.69) is 36.9 Å². The van der Waals surface area contributed by atoms with Crippen molar-refractivity contribution >= 4 is 11.4 Å². The van der Waals surface area contributed by atoms with Crippen molar-refractivity contribution in [2.45, 2.75) is 26.4 Å². The van der Waals surface area contributed by atoms with Gasteiger partial charge in [-0.25, -0.2) is 0 Å². The molecular weight excluding hydrogens is 246 g/mol. The van der Waals surface area contributed by atoms with Crippen LogP contribution in [-0.4, -0.2) is 6.04 Å². The van der Waals surface area contributed by atoms with Crippen LogP contribution >= 0.6 is 0 Å². The highest BCUT2D eigenvalue weighted by Gasteiger charge is 2.12. The Labute approximate surface area is 120 Å². The number of hydrogen-bond acceptors (Lipinski definition) is 3. The second kappa shape index (κ2) is 6.12. The SMILES string of the molecule is CC(C)N(Cc1ccccc1)c1ccc(C#N)c(N)c1. The van der Waals surface area contributed by atoms with Crippen molar-refractivity contribution in [2.24, 2.45) is 0 Å². The normalized spacial score (nSPS) is 10.3. The highest BCUT2D eigenvalue weighted by molar-refractivity contribution is 5.64. The van der Waals surface area contributed by atoms with Crippen LogP contribution in [0.15, 0.2) is 48.5 Å². The summed E-state index contributed by atoms with van der Waals surface area (Å²) in [5.41, 5.74) is 9.27.